The molecular weight excluding hydrogens is 654 g/mol. The summed E-state index contributed by atoms with van der Waals surface area (Å²) >= 11 is -2.25. The van der Waals surface area contributed by atoms with Crippen LogP contribution in [0.15, 0.2) is 6.07 Å². The molecule has 0 fully saturated rings. The van der Waals surface area contributed by atoms with Crippen LogP contribution < -0.4 is 5.79 Å². The molecule has 0 saturated heterocycles. The second-order valence-corrected chi connectivity index (χ2v) is 41.0. The molecule has 0 atom stereocenters. The summed E-state index contributed by atoms with van der Waals surface area (Å²) in [5, 5.41) is 0. The summed E-state index contributed by atoms with van der Waals surface area (Å²) in [6, 6.07) is 2.93. The Labute approximate surface area is 235 Å². The summed E-state index contributed by atoms with van der Waals surface area (Å²) in [6.07, 6.45) is 21.5. The standard InChI is InChI=1S/C8H10S.6C4H9.2Sn/c1-2-3-4-8-5-6-9-7-8;6*1-3-4-2;;/h5H,2-4H2,1H3;6*1,3-4H2,2H3;;. The van der Waals surface area contributed by atoms with E-state index in [1.807, 2.05) is 5.56 Å². The fraction of sp³-hybridized carbons (Fsp3) is 0.875. The normalized spacial score (nSPS) is 12.5. The monoisotopic (exact) mass is 720 g/mol. The van der Waals surface area contributed by atoms with Crippen LogP contribution in [0.3, 0.4) is 0 Å². The minimum absolute atomic E-state index is 1.35. The predicted octanol–water partition coefficient (Wildman–Crippen LogP) is 11.2. The van der Waals surface area contributed by atoms with Gasteiger partial charge in [0, 0.05) is 0 Å². The molecule has 0 nitrogen and oxygen atoms in total. The first-order chi connectivity index (χ1) is 17.0. The van der Waals surface area contributed by atoms with Crippen molar-refractivity contribution in [2.24, 2.45) is 0 Å². The summed E-state index contributed by atoms with van der Waals surface area (Å²) in [4.78, 5) is 0. The van der Waals surface area contributed by atoms with Gasteiger partial charge in [-0.15, -0.1) is 0 Å². The molecular formula is C32H64SSn2. The molecule has 1 heterocycles. The Kier molecular flexibility index (Phi) is 19.8. The molecule has 0 amide bonds. The van der Waals surface area contributed by atoms with E-state index < -0.39 is 36.8 Å². The van der Waals surface area contributed by atoms with Gasteiger partial charge in [0.25, 0.3) is 0 Å². The zero-order valence-electron chi connectivity index (χ0n) is 25.3. The number of thiophene rings is 1. The van der Waals surface area contributed by atoms with E-state index in [1.54, 1.807) is 26.6 Å². The fourth-order valence-electron chi connectivity index (χ4n) is 6.24. The van der Waals surface area contributed by atoms with Crippen LogP contribution in [0.25, 0.3) is 0 Å². The number of rotatable bonds is 23. The van der Waals surface area contributed by atoms with Gasteiger partial charge in [-0.3, -0.25) is 0 Å². The van der Waals surface area contributed by atoms with Crippen molar-refractivity contribution in [1.82, 2.24) is 0 Å². The maximum absolute atomic E-state index is 2.93. The van der Waals surface area contributed by atoms with E-state index in [4.69, 9.17) is 0 Å². The van der Waals surface area contributed by atoms with Crippen LogP contribution >= 0.6 is 11.3 Å². The zero-order chi connectivity index (χ0) is 26.0. The molecule has 0 aromatic carbocycles. The van der Waals surface area contributed by atoms with E-state index in [0.29, 0.717) is 0 Å². The number of hydrogen-bond acceptors (Lipinski definition) is 1. The minimum atomic E-state index is -2.40. The summed E-state index contributed by atoms with van der Waals surface area (Å²) in [5.41, 5.74) is 1.91. The second-order valence-electron chi connectivity index (χ2n) is 11.8. The summed E-state index contributed by atoms with van der Waals surface area (Å²) in [7, 11) is 0. The Morgan fingerprint density at radius 1 is 0.486 bits per heavy atom. The van der Waals surface area contributed by atoms with Crippen LogP contribution in [0.4, 0.5) is 0 Å². The molecule has 206 valence electrons. The summed E-state index contributed by atoms with van der Waals surface area (Å²) < 4.78 is 14.0. The molecule has 35 heavy (non-hydrogen) atoms. The van der Waals surface area contributed by atoms with Crippen molar-refractivity contribution in [1.29, 1.82) is 0 Å². The van der Waals surface area contributed by atoms with Crippen LogP contribution in [-0.4, -0.2) is 36.8 Å². The van der Waals surface area contributed by atoms with E-state index in [9.17, 15) is 0 Å². The van der Waals surface area contributed by atoms with Crippen molar-refractivity contribution in [2.75, 3.05) is 0 Å². The average Bonchev–Trinajstić information content (AvgIpc) is 3.32. The van der Waals surface area contributed by atoms with Crippen molar-refractivity contribution < 1.29 is 0 Å². The second kappa shape index (κ2) is 20.2. The van der Waals surface area contributed by atoms with Gasteiger partial charge >= 0.3 is 237 Å². The van der Waals surface area contributed by atoms with Gasteiger partial charge in [-0.1, -0.05) is 0 Å². The predicted molar refractivity (Wildman–Crippen MR) is 172 cm³/mol. The van der Waals surface area contributed by atoms with Crippen molar-refractivity contribution in [3.63, 3.8) is 0 Å². The molecule has 0 N–H and O–H groups in total. The van der Waals surface area contributed by atoms with Crippen LogP contribution in [-0.2, 0) is 6.42 Å². The first kappa shape index (κ1) is 34.3. The number of unbranched alkanes of at least 4 members (excludes halogenated alkanes) is 7. The Morgan fingerprint density at radius 2 is 0.829 bits per heavy atom. The van der Waals surface area contributed by atoms with Gasteiger partial charge in [0.1, 0.15) is 0 Å². The maximum atomic E-state index is 2.93. The van der Waals surface area contributed by atoms with Crippen LogP contribution in [0, 0.1) is 0 Å². The molecule has 0 aliphatic carbocycles. The van der Waals surface area contributed by atoms with Crippen LogP contribution in [0.5, 0.6) is 0 Å². The summed E-state index contributed by atoms with van der Waals surface area (Å²) in [5.74, 6) is 0. The van der Waals surface area contributed by atoms with E-state index in [1.165, 1.54) is 96.3 Å². The topological polar surface area (TPSA) is 0 Å². The molecule has 1 aromatic heterocycles. The third kappa shape index (κ3) is 11.1. The van der Waals surface area contributed by atoms with Crippen LogP contribution in [0.1, 0.15) is 144 Å². The van der Waals surface area contributed by atoms with Crippen molar-refractivity contribution in [3.05, 3.63) is 11.6 Å². The van der Waals surface area contributed by atoms with Gasteiger partial charge in [0.2, 0.25) is 0 Å². The third-order valence-electron chi connectivity index (χ3n) is 8.67. The quantitative estimate of drug-likeness (QED) is 0.0989. The van der Waals surface area contributed by atoms with Gasteiger partial charge in [-0.05, 0) is 0 Å². The fourth-order valence-corrected chi connectivity index (χ4v) is 49.4. The van der Waals surface area contributed by atoms with Gasteiger partial charge in [-0.2, -0.15) is 0 Å². The third-order valence-corrected chi connectivity index (χ3v) is 46.5. The molecule has 0 unspecified atom stereocenters. The van der Waals surface area contributed by atoms with Crippen LogP contribution in [0.2, 0.25) is 26.6 Å². The van der Waals surface area contributed by atoms with Crippen molar-refractivity contribution >= 4 is 53.9 Å². The number of aryl methyl sites for hydroxylation is 1. The van der Waals surface area contributed by atoms with E-state index in [2.05, 4.69) is 71.7 Å². The van der Waals surface area contributed by atoms with E-state index in [0.717, 1.165) is 0 Å². The van der Waals surface area contributed by atoms with Crippen molar-refractivity contribution in [3.8, 4) is 0 Å². The molecule has 1 aromatic rings. The molecule has 0 aliphatic rings. The van der Waals surface area contributed by atoms with Gasteiger partial charge in [0.15, 0.2) is 0 Å². The first-order valence-corrected chi connectivity index (χ1v) is 31.9. The number of hydrogen-bond donors (Lipinski definition) is 0. The molecule has 0 spiro atoms. The molecule has 0 radical (unpaired) electrons. The Balaban J connectivity index is 3.70. The Bertz CT molecular complexity index is 592. The van der Waals surface area contributed by atoms with E-state index in [-0.39, 0.29) is 0 Å². The van der Waals surface area contributed by atoms with Gasteiger partial charge in [0.05, 0.1) is 0 Å². The molecule has 0 saturated carbocycles. The van der Waals surface area contributed by atoms with Crippen molar-refractivity contribution in [2.45, 2.75) is 171 Å². The average molecular weight is 718 g/mol. The Hall–Kier alpha value is 1.30. The van der Waals surface area contributed by atoms with E-state index >= 15 is 0 Å². The molecule has 3 heteroatoms. The SMILES string of the molecule is CCCCc1c[c]([Sn]([CH2]CCC)([CH2]CCC)[CH2]CCC)s[c]1[Sn]([CH2]CCC)([CH2]CCC)[CH2]CCC. The Morgan fingerprint density at radius 3 is 1.17 bits per heavy atom. The molecule has 0 aliphatic heterocycles. The van der Waals surface area contributed by atoms with Gasteiger partial charge in [-0.25, -0.2) is 0 Å². The van der Waals surface area contributed by atoms with Gasteiger partial charge < -0.3 is 0 Å². The summed E-state index contributed by atoms with van der Waals surface area (Å²) in [6.45, 7) is 17.0. The first-order valence-electron chi connectivity index (χ1n) is 16.2. The molecule has 1 rings (SSSR count). The zero-order valence-corrected chi connectivity index (χ0v) is 31.9. The molecule has 0 bridgehead atoms.